The molecule has 5 aromatic carbocycles. The highest BCUT2D eigenvalue weighted by molar-refractivity contribution is 5.63. The van der Waals surface area contributed by atoms with E-state index in [1.54, 1.807) is 12.5 Å². The third kappa shape index (κ3) is 16.0. The van der Waals surface area contributed by atoms with Crippen LogP contribution in [0.15, 0.2) is 183 Å². The number of anilines is 2. The van der Waals surface area contributed by atoms with Crippen LogP contribution in [0.1, 0.15) is 27.8 Å². The minimum absolute atomic E-state index is 0.855. The van der Waals surface area contributed by atoms with Gasteiger partial charge in [-0.05, 0) is 107 Å². The number of ether oxygens (including phenoxy) is 1. The van der Waals surface area contributed by atoms with Gasteiger partial charge >= 0.3 is 0 Å². The van der Waals surface area contributed by atoms with Crippen molar-refractivity contribution in [2.24, 2.45) is 0 Å². The Labute approximate surface area is 387 Å². The molecule has 8 aromatic rings. The Morgan fingerprint density at radius 3 is 1.23 bits per heavy atom. The Morgan fingerprint density at radius 1 is 0.385 bits per heavy atom. The van der Waals surface area contributed by atoms with Crippen molar-refractivity contribution >= 4 is 11.4 Å². The second-order valence-corrected chi connectivity index (χ2v) is 16.5. The minimum Gasteiger partial charge on any atom is -0.378 e. The number of piperazine rings is 1. The van der Waals surface area contributed by atoms with E-state index in [0.717, 1.165) is 56.2 Å². The van der Waals surface area contributed by atoms with Gasteiger partial charge in [0.2, 0.25) is 0 Å². The van der Waals surface area contributed by atoms with Gasteiger partial charge in [0.25, 0.3) is 0 Å². The van der Waals surface area contributed by atoms with E-state index < -0.39 is 0 Å². The molecule has 0 amide bonds. The molecular formula is C56H64N8O. The summed E-state index contributed by atoms with van der Waals surface area (Å²) >= 11 is 0. The Morgan fingerprint density at radius 2 is 0.785 bits per heavy atom. The Balaban J connectivity index is 0.000000135. The molecule has 2 saturated heterocycles. The van der Waals surface area contributed by atoms with Gasteiger partial charge in [0.15, 0.2) is 0 Å². The van der Waals surface area contributed by atoms with Gasteiger partial charge in [-0.3, -0.25) is 4.98 Å². The number of nitrogens with zero attached hydrogens (tertiary/aromatic N) is 8. The van der Waals surface area contributed by atoms with Crippen molar-refractivity contribution in [3.05, 3.63) is 211 Å². The monoisotopic (exact) mass is 865 g/mol. The van der Waals surface area contributed by atoms with E-state index in [9.17, 15) is 0 Å². The first-order valence-electron chi connectivity index (χ1n) is 22.4. The molecule has 9 heteroatoms. The molecule has 2 aliphatic heterocycles. The fraction of sp³-hybridized carbons (Fsp3) is 0.250. The zero-order valence-corrected chi connectivity index (χ0v) is 39.0. The third-order valence-electron chi connectivity index (χ3n) is 11.2. The second kappa shape index (κ2) is 25.4. The van der Waals surface area contributed by atoms with E-state index in [-0.39, 0.29) is 0 Å². The lowest BCUT2D eigenvalue weighted by molar-refractivity contribution is 0.122. The van der Waals surface area contributed by atoms with Crippen molar-refractivity contribution in [3.63, 3.8) is 0 Å². The standard InChI is InChI=1S/C12H18N2.C12H11N.C11H10N2.C11H15NO.C10H10N2/c1-11-3-5-12(6-4-11)14-9-7-13(2)8-10-14;1-10-2-4-11(5-3-10)12-6-8-13-9-7-12;1-9-2-4-10(5-3-9)11-6-12-8-13-7-11;1-10-2-4-11(5-3-10)12-6-8-13-9-7-12;1-9-2-4-10(5-3-9)12-7-6-11-8-12/h3-6H,7-10H2,1-2H3;2-9H,1H3;2-8H,1H3;2-5H,6-9H2,1H3;2-8H,1H3. The van der Waals surface area contributed by atoms with Crippen LogP contribution in [0.3, 0.4) is 0 Å². The topological polar surface area (TPSA) is 75.4 Å². The number of imidazole rings is 1. The smallest absolute Gasteiger partial charge is 0.115 e. The van der Waals surface area contributed by atoms with E-state index in [1.807, 2.05) is 47.7 Å². The maximum absolute atomic E-state index is 5.30. The molecule has 0 unspecified atom stereocenters. The number of hydrogen-bond donors (Lipinski definition) is 0. The molecule has 0 aliphatic carbocycles. The Hall–Kier alpha value is -6.94. The highest BCUT2D eigenvalue weighted by Crippen LogP contribution is 2.20. The van der Waals surface area contributed by atoms with Crippen LogP contribution >= 0.6 is 0 Å². The lowest BCUT2D eigenvalue weighted by Gasteiger charge is -2.34. The van der Waals surface area contributed by atoms with Crippen LogP contribution < -0.4 is 9.80 Å². The van der Waals surface area contributed by atoms with Crippen LogP contribution in [0.25, 0.3) is 27.9 Å². The van der Waals surface area contributed by atoms with E-state index in [0.29, 0.717) is 0 Å². The molecule has 0 bridgehead atoms. The largest absolute Gasteiger partial charge is 0.378 e. The molecule has 0 saturated carbocycles. The molecule has 2 aliphatic rings. The van der Waals surface area contributed by atoms with Crippen LogP contribution in [-0.2, 0) is 4.74 Å². The fourth-order valence-electron chi connectivity index (χ4n) is 7.01. The predicted octanol–water partition coefficient (Wildman–Crippen LogP) is 11.3. The molecule has 9 nitrogen and oxygen atoms in total. The van der Waals surface area contributed by atoms with Gasteiger partial charge in [-0.15, -0.1) is 0 Å². The summed E-state index contributed by atoms with van der Waals surface area (Å²) in [6, 6.07) is 46.7. The first-order chi connectivity index (χ1) is 31.7. The summed E-state index contributed by atoms with van der Waals surface area (Å²) < 4.78 is 7.29. The lowest BCUT2D eigenvalue weighted by atomic mass is 10.1. The summed E-state index contributed by atoms with van der Waals surface area (Å²) in [6.07, 6.45) is 14.3. The molecule has 2 fully saturated rings. The second-order valence-electron chi connectivity index (χ2n) is 16.5. The van der Waals surface area contributed by atoms with Crippen molar-refractivity contribution in [2.45, 2.75) is 34.6 Å². The minimum atomic E-state index is 0.855. The molecule has 0 atom stereocenters. The number of rotatable bonds is 5. The molecule has 334 valence electrons. The number of hydrogen-bond acceptors (Lipinski definition) is 8. The summed E-state index contributed by atoms with van der Waals surface area (Å²) in [7, 11) is 2.19. The number of pyridine rings is 1. The van der Waals surface area contributed by atoms with Gasteiger partial charge in [-0.25, -0.2) is 15.0 Å². The first kappa shape index (κ1) is 47.5. The number of aryl methyl sites for hydroxylation is 5. The van der Waals surface area contributed by atoms with Crippen molar-refractivity contribution in [1.82, 2.24) is 29.4 Å². The predicted molar refractivity (Wildman–Crippen MR) is 270 cm³/mol. The van der Waals surface area contributed by atoms with E-state index in [2.05, 4.69) is 198 Å². The fourth-order valence-corrected chi connectivity index (χ4v) is 7.01. The average molecular weight is 865 g/mol. The first-order valence-corrected chi connectivity index (χ1v) is 22.4. The summed E-state index contributed by atoms with van der Waals surface area (Å²) in [4.78, 5) is 23.1. The summed E-state index contributed by atoms with van der Waals surface area (Å²) in [5.41, 5.74) is 15.0. The number of aromatic nitrogens is 5. The van der Waals surface area contributed by atoms with Gasteiger partial charge in [0, 0.05) is 99.1 Å². The van der Waals surface area contributed by atoms with Crippen LogP contribution in [0, 0.1) is 34.6 Å². The van der Waals surface area contributed by atoms with Crippen molar-refractivity contribution in [1.29, 1.82) is 0 Å². The SMILES string of the molecule is Cc1ccc(-c2ccncc2)cc1.Cc1ccc(-c2cncnc2)cc1.Cc1ccc(-n2ccnc2)cc1.Cc1ccc(N2CCN(C)CC2)cc1.Cc1ccc(N2CCOCC2)cc1. The van der Waals surface area contributed by atoms with Crippen molar-refractivity contribution in [2.75, 3.05) is 69.3 Å². The van der Waals surface area contributed by atoms with Gasteiger partial charge in [0.05, 0.1) is 19.5 Å². The van der Waals surface area contributed by atoms with Crippen LogP contribution in [0.2, 0.25) is 0 Å². The molecular weight excluding hydrogens is 801 g/mol. The van der Waals surface area contributed by atoms with E-state index in [1.165, 1.54) is 69.7 Å². The zero-order chi connectivity index (χ0) is 45.6. The molecule has 0 N–H and O–H groups in total. The Kier molecular flexibility index (Phi) is 18.6. The van der Waals surface area contributed by atoms with E-state index >= 15 is 0 Å². The third-order valence-corrected chi connectivity index (χ3v) is 11.2. The molecule has 5 heterocycles. The number of likely N-dealkylation sites (N-methyl/N-ethyl adjacent to an activating group) is 1. The Bertz CT molecular complexity index is 2400. The van der Waals surface area contributed by atoms with Gasteiger partial charge in [-0.1, -0.05) is 113 Å². The van der Waals surface area contributed by atoms with Crippen LogP contribution in [0.4, 0.5) is 11.4 Å². The highest BCUT2D eigenvalue weighted by Gasteiger charge is 2.13. The van der Waals surface area contributed by atoms with Gasteiger partial charge in [0.1, 0.15) is 6.33 Å². The lowest BCUT2D eigenvalue weighted by Crippen LogP contribution is -2.44. The number of morpholine rings is 1. The molecule has 0 radical (unpaired) electrons. The maximum Gasteiger partial charge on any atom is 0.115 e. The van der Waals surface area contributed by atoms with Crippen molar-refractivity contribution in [3.8, 4) is 27.9 Å². The number of benzene rings is 5. The zero-order valence-electron chi connectivity index (χ0n) is 39.0. The van der Waals surface area contributed by atoms with Crippen molar-refractivity contribution < 1.29 is 4.74 Å². The average Bonchev–Trinajstić information content (AvgIpc) is 3.90. The molecule has 65 heavy (non-hydrogen) atoms. The van der Waals surface area contributed by atoms with Gasteiger partial charge < -0.3 is 24.0 Å². The van der Waals surface area contributed by atoms with Gasteiger partial charge in [-0.2, -0.15) is 0 Å². The summed E-state index contributed by atoms with van der Waals surface area (Å²) in [6.45, 7) is 18.9. The maximum atomic E-state index is 5.30. The van der Waals surface area contributed by atoms with E-state index in [4.69, 9.17) is 4.74 Å². The summed E-state index contributed by atoms with van der Waals surface area (Å²) in [5, 5.41) is 0. The summed E-state index contributed by atoms with van der Waals surface area (Å²) in [5.74, 6) is 0. The molecule has 10 rings (SSSR count). The molecule has 3 aromatic heterocycles. The van der Waals surface area contributed by atoms with Crippen LogP contribution in [0.5, 0.6) is 0 Å². The molecule has 0 spiro atoms. The van der Waals surface area contributed by atoms with Crippen LogP contribution in [-0.4, -0.2) is 88.9 Å². The quantitative estimate of drug-likeness (QED) is 0.169. The normalized spacial score (nSPS) is 13.3. The highest BCUT2D eigenvalue weighted by atomic mass is 16.5.